The number of thiazole rings is 1. The topological polar surface area (TPSA) is 63.3 Å². The first kappa shape index (κ1) is 15.8. The fourth-order valence-electron chi connectivity index (χ4n) is 2.79. The molecule has 2 heterocycles. The first-order valence-corrected chi connectivity index (χ1v) is 8.82. The predicted octanol–water partition coefficient (Wildman–Crippen LogP) is 5.07. The minimum Gasteiger partial charge on any atom is -0.504 e. The normalized spacial score (nSPS) is 12.1. The smallest absolute Gasteiger partial charge is 0.346 e. The third kappa shape index (κ3) is 2.70. The summed E-state index contributed by atoms with van der Waals surface area (Å²) < 4.78 is 6.42. The van der Waals surface area contributed by atoms with Gasteiger partial charge in [0.15, 0.2) is 11.3 Å². The lowest BCUT2D eigenvalue weighted by Crippen LogP contribution is -2.11. The van der Waals surface area contributed by atoms with Gasteiger partial charge >= 0.3 is 5.63 Å². The molecule has 25 heavy (non-hydrogen) atoms. The molecule has 2 aromatic heterocycles. The van der Waals surface area contributed by atoms with Crippen molar-refractivity contribution in [3.8, 4) is 16.3 Å². The highest BCUT2D eigenvalue weighted by Crippen LogP contribution is 2.35. The van der Waals surface area contributed by atoms with Gasteiger partial charge in [-0.3, -0.25) is 0 Å². The first-order valence-electron chi connectivity index (χ1n) is 8.00. The fourth-order valence-corrected chi connectivity index (χ4v) is 3.75. The van der Waals surface area contributed by atoms with E-state index in [-0.39, 0.29) is 16.7 Å². The van der Waals surface area contributed by atoms with E-state index in [4.69, 9.17) is 4.42 Å². The molecule has 4 rings (SSSR count). The molecule has 0 saturated carbocycles. The Labute approximate surface area is 148 Å². The predicted molar refractivity (Wildman–Crippen MR) is 101 cm³/mol. The van der Waals surface area contributed by atoms with Crippen LogP contribution in [0.1, 0.15) is 26.3 Å². The number of hydrogen-bond donors (Lipinski definition) is 1. The molecule has 5 heteroatoms. The third-order valence-corrected chi connectivity index (χ3v) is 5.27. The highest BCUT2D eigenvalue weighted by molar-refractivity contribution is 7.21. The van der Waals surface area contributed by atoms with Gasteiger partial charge in [0.1, 0.15) is 5.01 Å². The van der Waals surface area contributed by atoms with Crippen molar-refractivity contribution in [3.05, 3.63) is 58.4 Å². The lowest BCUT2D eigenvalue weighted by atomic mass is 9.86. The molecule has 4 nitrogen and oxygen atoms in total. The number of para-hydroxylation sites is 1. The van der Waals surface area contributed by atoms with Crippen LogP contribution in [0.5, 0.6) is 5.75 Å². The van der Waals surface area contributed by atoms with Crippen LogP contribution < -0.4 is 5.63 Å². The van der Waals surface area contributed by atoms with Gasteiger partial charge in [0.25, 0.3) is 0 Å². The van der Waals surface area contributed by atoms with E-state index in [0.29, 0.717) is 16.0 Å². The maximum atomic E-state index is 12.4. The Bertz CT molecular complexity index is 1130. The molecule has 0 atom stereocenters. The van der Waals surface area contributed by atoms with E-state index < -0.39 is 5.63 Å². The van der Waals surface area contributed by atoms with E-state index in [2.05, 4.69) is 25.8 Å². The molecule has 0 fully saturated rings. The van der Waals surface area contributed by atoms with Crippen LogP contribution in [0.2, 0.25) is 0 Å². The average Bonchev–Trinajstić information content (AvgIpc) is 2.97. The van der Waals surface area contributed by atoms with E-state index >= 15 is 0 Å². The van der Waals surface area contributed by atoms with Gasteiger partial charge in [-0.1, -0.05) is 32.9 Å². The summed E-state index contributed by atoms with van der Waals surface area (Å²) in [7, 11) is 0. The number of phenols is 1. The minimum atomic E-state index is -0.495. The number of nitrogens with zero attached hydrogens (tertiary/aromatic N) is 1. The highest BCUT2D eigenvalue weighted by atomic mass is 32.1. The number of fused-ring (bicyclic) bond motifs is 2. The van der Waals surface area contributed by atoms with Gasteiger partial charge in [0.2, 0.25) is 0 Å². The second kappa shape index (κ2) is 5.43. The van der Waals surface area contributed by atoms with E-state index in [9.17, 15) is 9.90 Å². The maximum Gasteiger partial charge on any atom is 0.346 e. The Morgan fingerprint density at radius 1 is 1.12 bits per heavy atom. The summed E-state index contributed by atoms with van der Waals surface area (Å²) in [6.45, 7) is 6.21. The number of aromatic hydroxyl groups is 1. The molecule has 0 bridgehead atoms. The first-order chi connectivity index (χ1) is 11.8. The quantitative estimate of drug-likeness (QED) is 0.486. The SMILES string of the molecule is CC(C)(C)c1cc(O)c2oc(=O)c(-c3nc4ccccc4s3)cc2c1. The summed E-state index contributed by atoms with van der Waals surface area (Å²) >= 11 is 1.45. The largest absolute Gasteiger partial charge is 0.504 e. The van der Waals surface area contributed by atoms with Gasteiger partial charge in [0.05, 0.1) is 15.8 Å². The summed E-state index contributed by atoms with van der Waals surface area (Å²) in [5.74, 6) is -0.0182. The van der Waals surface area contributed by atoms with Crippen LogP contribution >= 0.6 is 11.3 Å². The number of benzene rings is 2. The van der Waals surface area contributed by atoms with Crippen molar-refractivity contribution in [2.75, 3.05) is 0 Å². The van der Waals surface area contributed by atoms with Gasteiger partial charge in [-0.25, -0.2) is 9.78 Å². The van der Waals surface area contributed by atoms with Crippen LogP contribution in [0.25, 0.3) is 31.8 Å². The lowest BCUT2D eigenvalue weighted by Gasteiger charge is -2.19. The Kier molecular flexibility index (Phi) is 3.44. The van der Waals surface area contributed by atoms with Crippen molar-refractivity contribution in [2.24, 2.45) is 0 Å². The molecular formula is C20H17NO3S. The number of aromatic nitrogens is 1. The second-order valence-electron chi connectivity index (χ2n) is 7.10. The molecular weight excluding hydrogens is 334 g/mol. The van der Waals surface area contributed by atoms with E-state index in [1.165, 1.54) is 11.3 Å². The monoisotopic (exact) mass is 351 g/mol. The van der Waals surface area contributed by atoms with E-state index in [1.807, 2.05) is 30.3 Å². The summed E-state index contributed by atoms with van der Waals surface area (Å²) in [5, 5.41) is 11.6. The van der Waals surface area contributed by atoms with Crippen molar-refractivity contribution in [2.45, 2.75) is 26.2 Å². The Balaban J connectivity index is 1.98. The molecule has 2 aromatic carbocycles. The average molecular weight is 351 g/mol. The minimum absolute atomic E-state index is 0.0182. The summed E-state index contributed by atoms with van der Waals surface area (Å²) in [5.41, 5.74) is 1.83. The molecule has 0 amide bonds. The van der Waals surface area contributed by atoms with Gasteiger partial charge in [-0.2, -0.15) is 0 Å². The molecule has 0 saturated heterocycles. The van der Waals surface area contributed by atoms with Crippen LogP contribution in [0.15, 0.2) is 51.7 Å². The summed E-state index contributed by atoms with van der Waals surface area (Å²) in [4.78, 5) is 17.0. The highest BCUT2D eigenvalue weighted by Gasteiger charge is 2.19. The number of phenolic OH excluding ortho intramolecular Hbond substituents is 1. The van der Waals surface area contributed by atoms with Gasteiger partial charge < -0.3 is 9.52 Å². The van der Waals surface area contributed by atoms with Gasteiger partial charge in [-0.15, -0.1) is 11.3 Å². The van der Waals surface area contributed by atoms with Crippen molar-refractivity contribution >= 4 is 32.5 Å². The molecule has 0 unspecified atom stereocenters. The van der Waals surface area contributed by atoms with Gasteiger partial charge in [-0.05, 0) is 41.3 Å². The van der Waals surface area contributed by atoms with Crippen LogP contribution in [0.4, 0.5) is 0 Å². The maximum absolute atomic E-state index is 12.4. The van der Waals surface area contributed by atoms with Crippen molar-refractivity contribution in [1.29, 1.82) is 0 Å². The van der Waals surface area contributed by atoms with Crippen molar-refractivity contribution in [1.82, 2.24) is 4.98 Å². The number of rotatable bonds is 1. The van der Waals surface area contributed by atoms with Crippen LogP contribution in [0.3, 0.4) is 0 Å². The zero-order valence-electron chi connectivity index (χ0n) is 14.2. The van der Waals surface area contributed by atoms with Crippen molar-refractivity contribution < 1.29 is 9.52 Å². The lowest BCUT2D eigenvalue weighted by molar-refractivity contribution is 0.454. The van der Waals surface area contributed by atoms with E-state index in [1.54, 1.807) is 12.1 Å². The Morgan fingerprint density at radius 3 is 2.60 bits per heavy atom. The standard InChI is InChI=1S/C20H17NO3S/c1-20(2,3)12-8-11-9-13(19(23)24-17(11)15(22)10-12)18-21-14-6-4-5-7-16(14)25-18/h4-10,22H,1-3H3. The fraction of sp³-hybridized carbons (Fsp3) is 0.200. The molecule has 0 aliphatic heterocycles. The Hall–Kier alpha value is -2.66. The van der Waals surface area contributed by atoms with Crippen LogP contribution in [0, 0.1) is 0 Å². The van der Waals surface area contributed by atoms with Crippen molar-refractivity contribution in [3.63, 3.8) is 0 Å². The zero-order chi connectivity index (χ0) is 17.8. The van der Waals surface area contributed by atoms with Crippen LogP contribution in [-0.4, -0.2) is 10.1 Å². The molecule has 0 spiro atoms. The van der Waals surface area contributed by atoms with Gasteiger partial charge in [0, 0.05) is 5.39 Å². The summed E-state index contributed by atoms with van der Waals surface area (Å²) in [6.07, 6.45) is 0. The summed E-state index contributed by atoms with van der Waals surface area (Å²) in [6, 6.07) is 13.1. The van der Waals surface area contributed by atoms with Crippen LogP contribution in [-0.2, 0) is 5.41 Å². The zero-order valence-corrected chi connectivity index (χ0v) is 15.0. The molecule has 126 valence electrons. The molecule has 0 aliphatic rings. The van der Waals surface area contributed by atoms with E-state index in [0.717, 1.165) is 15.8 Å². The molecule has 0 radical (unpaired) electrons. The molecule has 4 aromatic rings. The Morgan fingerprint density at radius 2 is 1.88 bits per heavy atom. The second-order valence-corrected chi connectivity index (χ2v) is 8.13. The third-order valence-electron chi connectivity index (χ3n) is 4.20. The molecule has 0 aliphatic carbocycles. The number of hydrogen-bond acceptors (Lipinski definition) is 5. The molecule has 1 N–H and O–H groups in total.